The van der Waals surface area contributed by atoms with Gasteiger partial charge in [-0.15, -0.1) is 0 Å². The van der Waals surface area contributed by atoms with E-state index in [9.17, 15) is 25.2 Å². The lowest BCUT2D eigenvalue weighted by atomic mass is 10.3. The number of carbonyl (C=O) groups is 1. The highest BCUT2D eigenvalue weighted by molar-refractivity contribution is 6.79. The monoisotopic (exact) mass is 405 g/mol. The maximum Gasteiger partial charge on any atom is 0.333 e. The predicted molar refractivity (Wildman–Crippen MR) is 109 cm³/mol. The highest BCUT2D eigenvalue weighted by atomic mass is 28.3. The second kappa shape index (κ2) is 16.2. The minimum atomic E-state index is -1.64. The number of ether oxygens (including phenoxy) is 1. The first-order valence-electron chi connectivity index (χ1n) is 9.95. The molecule has 0 bridgehead atoms. The fourth-order valence-corrected chi connectivity index (χ4v) is 8.47. The van der Waals surface area contributed by atoms with E-state index in [1.54, 1.807) is 6.92 Å². The lowest BCUT2D eigenvalue weighted by molar-refractivity contribution is -0.141. The SMILES string of the molecule is C=C(C)C(=O)OCC(O)CNCCC[Si](CCCO)(CCCO)CCCO. The van der Waals surface area contributed by atoms with Crippen molar-refractivity contribution in [3.63, 3.8) is 0 Å². The molecule has 1 unspecified atom stereocenters. The first-order valence-corrected chi connectivity index (χ1v) is 12.8. The molecule has 0 saturated heterocycles. The van der Waals surface area contributed by atoms with Crippen LogP contribution in [0.5, 0.6) is 0 Å². The van der Waals surface area contributed by atoms with Crippen molar-refractivity contribution in [2.75, 3.05) is 39.5 Å². The third kappa shape index (κ3) is 13.1. The molecule has 8 heteroatoms. The molecule has 0 spiro atoms. The largest absolute Gasteiger partial charge is 0.460 e. The molecule has 0 aromatic carbocycles. The van der Waals surface area contributed by atoms with E-state index in [0.29, 0.717) is 12.1 Å². The Hall–Kier alpha value is -0.773. The second-order valence-corrected chi connectivity index (χ2v) is 12.3. The zero-order valence-corrected chi connectivity index (χ0v) is 17.8. The summed E-state index contributed by atoms with van der Waals surface area (Å²) >= 11 is 0. The lowest BCUT2D eigenvalue weighted by Crippen LogP contribution is -2.37. The number of aliphatic hydroxyl groups is 4. The molecule has 0 heterocycles. The molecule has 0 saturated carbocycles. The molecule has 27 heavy (non-hydrogen) atoms. The average Bonchev–Trinajstić information content (AvgIpc) is 2.66. The minimum Gasteiger partial charge on any atom is -0.460 e. The summed E-state index contributed by atoms with van der Waals surface area (Å²) in [5, 5.41) is 40.7. The average molecular weight is 406 g/mol. The van der Waals surface area contributed by atoms with Crippen molar-refractivity contribution < 1.29 is 30.0 Å². The van der Waals surface area contributed by atoms with Gasteiger partial charge in [0.15, 0.2) is 0 Å². The van der Waals surface area contributed by atoms with Gasteiger partial charge in [0.25, 0.3) is 0 Å². The van der Waals surface area contributed by atoms with Gasteiger partial charge in [-0.2, -0.15) is 0 Å². The van der Waals surface area contributed by atoms with Crippen LogP contribution in [0, 0.1) is 0 Å². The maximum atomic E-state index is 11.3. The molecule has 0 fully saturated rings. The van der Waals surface area contributed by atoms with Crippen LogP contribution in [0.3, 0.4) is 0 Å². The van der Waals surface area contributed by atoms with E-state index in [2.05, 4.69) is 11.9 Å². The van der Waals surface area contributed by atoms with E-state index < -0.39 is 20.1 Å². The molecule has 160 valence electrons. The summed E-state index contributed by atoms with van der Waals surface area (Å²) < 4.78 is 4.92. The Kier molecular flexibility index (Phi) is 15.7. The molecule has 0 aliphatic rings. The number of aliphatic hydroxyl groups excluding tert-OH is 4. The molecular weight excluding hydrogens is 366 g/mol. The van der Waals surface area contributed by atoms with Gasteiger partial charge in [-0.05, 0) is 39.2 Å². The summed E-state index contributed by atoms with van der Waals surface area (Å²) in [6.07, 6.45) is 2.54. The van der Waals surface area contributed by atoms with E-state index in [0.717, 1.165) is 56.4 Å². The summed E-state index contributed by atoms with van der Waals surface area (Å²) in [6.45, 7) is 6.64. The molecule has 7 nitrogen and oxygen atoms in total. The number of esters is 1. The fraction of sp³-hybridized carbons (Fsp3) is 0.842. The lowest BCUT2D eigenvalue weighted by Gasteiger charge is -2.32. The number of carbonyl (C=O) groups excluding carboxylic acids is 1. The Morgan fingerprint density at radius 3 is 1.93 bits per heavy atom. The summed E-state index contributed by atoms with van der Waals surface area (Å²) in [6, 6.07) is 4.12. The van der Waals surface area contributed by atoms with Crippen molar-refractivity contribution in [1.29, 1.82) is 0 Å². The van der Waals surface area contributed by atoms with Crippen LogP contribution in [0.2, 0.25) is 24.2 Å². The van der Waals surface area contributed by atoms with E-state index >= 15 is 0 Å². The van der Waals surface area contributed by atoms with E-state index in [1.165, 1.54) is 0 Å². The molecule has 0 rings (SSSR count). The number of nitrogens with one attached hydrogen (secondary N) is 1. The number of hydrogen-bond acceptors (Lipinski definition) is 7. The van der Waals surface area contributed by atoms with Gasteiger partial charge in [0.05, 0.1) is 8.07 Å². The van der Waals surface area contributed by atoms with Crippen LogP contribution in [-0.4, -0.2) is 80.1 Å². The van der Waals surface area contributed by atoms with Crippen LogP contribution < -0.4 is 5.32 Å². The van der Waals surface area contributed by atoms with Gasteiger partial charge in [-0.25, -0.2) is 4.79 Å². The van der Waals surface area contributed by atoms with Crippen molar-refractivity contribution in [3.8, 4) is 0 Å². The van der Waals surface area contributed by atoms with Gasteiger partial charge in [-0.1, -0.05) is 30.8 Å². The van der Waals surface area contributed by atoms with Crippen LogP contribution in [-0.2, 0) is 9.53 Å². The molecule has 0 aromatic rings. The van der Waals surface area contributed by atoms with Gasteiger partial charge < -0.3 is 30.5 Å². The Balaban J connectivity index is 4.28. The second-order valence-electron chi connectivity index (χ2n) is 7.32. The van der Waals surface area contributed by atoms with E-state index in [1.807, 2.05) is 0 Å². The topological polar surface area (TPSA) is 119 Å². The zero-order chi connectivity index (χ0) is 20.5. The fourth-order valence-electron chi connectivity index (χ4n) is 3.32. The number of rotatable bonds is 18. The standard InChI is InChI=1S/C19H39NO6Si/c1-17(2)19(25)26-16-18(24)15-20-7-3-11-27(12-4-8-21,13-5-9-22)14-6-10-23/h18,20-24H,1,3-16H2,2H3. The number of hydrogen-bond donors (Lipinski definition) is 5. The smallest absolute Gasteiger partial charge is 0.333 e. The van der Waals surface area contributed by atoms with E-state index in [4.69, 9.17) is 4.74 Å². The highest BCUT2D eigenvalue weighted by Crippen LogP contribution is 2.31. The molecule has 1 atom stereocenters. The summed E-state index contributed by atoms with van der Waals surface area (Å²) in [7, 11) is -1.64. The van der Waals surface area contributed by atoms with Crippen molar-refractivity contribution in [2.45, 2.75) is 62.9 Å². The third-order valence-electron chi connectivity index (χ3n) is 4.79. The normalized spacial score (nSPS) is 12.8. The summed E-state index contributed by atoms with van der Waals surface area (Å²) in [4.78, 5) is 11.3. The van der Waals surface area contributed by atoms with Gasteiger partial charge in [0.1, 0.15) is 12.7 Å². The Bertz CT molecular complexity index is 386. The third-order valence-corrected chi connectivity index (χ3v) is 10.4. The molecule has 5 N–H and O–H groups in total. The van der Waals surface area contributed by atoms with Crippen molar-refractivity contribution in [1.82, 2.24) is 5.32 Å². The van der Waals surface area contributed by atoms with Crippen LogP contribution in [0.25, 0.3) is 0 Å². The van der Waals surface area contributed by atoms with Crippen molar-refractivity contribution in [3.05, 3.63) is 12.2 Å². The Morgan fingerprint density at radius 1 is 1.00 bits per heavy atom. The van der Waals surface area contributed by atoms with Crippen LogP contribution in [0.1, 0.15) is 32.6 Å². The van der Waals surface area contributed by atoms with Gasteiger partial charge in [-0.3, -0.25) is 0 Å². The molecule has 0 aliphatic heterocycles. The van der Waals surface area contributed by atoms with Crippen LogP contribution in [0.4, 0.5) is 0 Å². The van der Waals surface area contributed by atoms with Crippen LogP contribution in [0.15, 0.2) is 12.2 Å². The maximum absolute atomic E-state index is 11.3. The molecular formula is C19H39NO6Si. The summed E-state index contributed by atoms with van der Waals surface area (Å²) in [5.41, 5.74) is 0.310. The molecule has 0 radical (unpaired) electrons. The summed E-state index contributed by atoms with van der Waals surface area (Å²) in [5.74, 6) is -0.499. The van der Waals surface area contributed by atoms with Crippen molar-refractivity contribution in [2.24, 2.45) is 0 Å². The minimum absolute atomic E-state index is 0.0547. The van der Waals surface area contributed by atoms with E-state index in [-0.39, 0.29) is 26.4 Å². The first-order chi connectivity index (χ1) is 12.9. The van der Waals surface area contributed by atoms with Crippen LogP contribution >= 0.6 is 0 Å². The van der Waals surface area contributed by atoms with Gasteiger partial charge >= 0.3 is 5.97 Å². The Morgan fingerprint density at radius 2 is 1.48 bits per heavy atom. The van der Waals surface area contributed by atoms with Gasteiger partial charge in [0, 0.05) is 31.9 Å². The predicted octanol–water partition coefficient (Wildman–Crippen LogP) is 1.04. The molecule has 0 aromatic heterocycles. The molecule has 0 amide bonds. The first kappa shape index (κ1) is 26.2. The Labute approximate surface area is 164 Å². The highest BCUT2D eigenvalue weighted by Gasteiger charge is 2.30. The zero-order valence-electron chi connectivity index (χ0n) is 16.8. The van der Waals surface area contributed by atoms with Crippen molar-refractivity contribution >= 4 is 14.0 Å². The molecule has 0 aliphatic carbocycles. The van der Waals surface area contributed by atoms with Gasteiger partial charge in [0.2, 0.25) is 0 Å². The quantitative estimate of drug-likeness (QED) is 0.100.